The summed E-state index contributed by atoms with van der Waals surface area (Å²) in [5.41, 5.74) is 1.00. The first-order valence-corrected chi connectivity index (χ1v) is 6.00. The van der Waals surface area contributed by atoms with Crippen LogP contribution in [0.2, 0.25) is 0 Å². The number of rotatable bonds is 3. The Morgan fingerprint density at radius 2 is 1.59 bits per heavy atom. The molecule has 0 radical (unpaired) electrons. The van der Waals surface area contributed by atoms with Gasteiger partial charge in [-0.2, -0.15) is 8.78 Å². The second-order valence-corrected chi connectivity index (χ2v) is 2.96. The lowest BCUT2D eigenvalue weighted by molar-refractivity contribution is -0.0528. The molecule has 0 N–H and O–H groups in total. The molecule has 1 aromatic rings. The van der Waals surface area contributed by atoms with E-state index in [1.165, 1.54) is 6.07 Å². The predicted molar refractivity (Wildman–Crippen MR) is 67.7 cm³/mol. The van der Waals surface area contributed by atoms with E-state index in [2.05, 4.69) is 9.72 Å². The van der Waals surface area contributed by atoms with Crippen LogP contribution in [0.5, 0.6) is 5.88 Å². The molecule has 100 valence electrons. The minimum Gasteiger partial charge on any atom is -0.417 e. The molecule has 0 fully saturated rings. The Bertz CT molecular complexity index is 261. The van der Waals surface area contributed by atoms with Crippen molar-refractivity contribution in [3.8, 4) is 5.88 Å². The quantitative estimate of drug-likeness (QED) is 0.761. The van der Waals surface area contributed by atoms with Crippen LogP contribution >= 0.6 is 0 Å². The predicted octanol–water partition coefficient (Wildman–Crippen LogP) is 4.86. The van der Waals surface area contributed by atoms with Gasteiger partial charge in [0.2, 0.25) is 5.88 Å². The Balaban J connectivity index is 0. The molecule has 1 rings (SSSR count). The summed E-state index contributed by atoms with van der Waals surface area (Å²) in [4.78, 5) is 3.74. The highest BCUT2D eigenvalue weighted by Crippen LogP contribution is 2.16. The van der Waals surface area contributed by atoms with E-state index in [1.54, 1.807) is 12.3 Å². The van der Waals surface area contributed by atoms with Crippen LogP contribution in [-0.2, 0) is 0 Å². The molecular formula is C13H23F2NO. The zero-order chi connectivity index (χ0) is 13.8. The largest absolute Gasteiger partial charge is 0.417 e. The number of halogens is 2. The van der Waals surface area contributed by atoms with Crippen molar-refractivity contribution in [1.29, 1.82) is 0 Å². The van der Waals surface area contributed by atoms with Crippen molar-refractivity contribution in [2.24, 2.45) is 0 Å². The second kappa shape index (κ2) is 11.3. The third-order valence-electron chi connectivity index (χ3n) is 1.64. The number of nitrogens with zero attached hydrogens (tertiary/aromatic N) is 1. The van der Waals surface area contributed by atoms with Crippen molar-refractivity contribution in [3.05, 3.63) is 23.9 Å². The Morgan fingerprint density at radius 3 is 1.88 bits per heavy atom. The molecule has 0 aromatic carbocycles. The third-order valence-corrected chi connectivity index (χ3v) is 1.64. The van der Waals surface area contributed by atoms with Gasteiger partial charge in [-0.1, -0.05) is 47.6 Å². The molecule has 4 heteroatoms. The number of pyridine rings is 1. The molecule has 0 aliphatic heterocycles. The van der Waals surface area contributed by atoms with Crippen LogP contribution in [0.4, 0.5) is 8.78 Å². The van der Waals surface area contributed by atoms with Crippen LogP contribution in [0, 0.1) is 0 Å². The zero-order valence-corrected chi connectivity index (χ0v) is 11.5. The monoisotopic (exact) mass is 247 g/mol. The highest BCUT2D eigenvalue weighted by atomic mass is 19.3. The molecule has 0 spiro atoms. The van der Waals surface area contributed by atoms with E-state index < -0.39 is 6.61 Å². The Kier molecular flexibility index (Phi) is 12.1. The van der Waals surface area contributed by atoms with E-state index in [4.69, 9.17) is 0 Å². The molecule has 0 saturated heterocycles. The Hall–Kier alpha value is -1.19. The normalized spacial score (nSPS) is 9.06. The van der Waals surface area contributed by atoms with Crippen LogP contribution < -0.4 is 4.74 Å². The average Bonchev–Trinajstić information content (AvgIpc) is 2.34. The van der Waals surface area contributed by atoms with Crippen LogP contribution in [-0.4, -0.2) is 11.6 Å². The number of ether oxygens (including phenoxy) is 1. The third kappa shape index (κ3) is 8.60. The van der Waals surface area contributed by atoms with E-state index in [9.17, 15) is 8.78 Å². The summed E-state index contributed by atoms with van der Waals surface area (Å²) in [7, 11) is 0. The maximum atomic E-state index is 11.7. The van der Waals surface area contributed by atoms with E-state index in [0.29, 0.717) is 5.92 Å². The van der Waals surface area contributed by atoms with Gasteiger partial charge in [0.1, 0.15) is 0 Å². The van der Waals surface area contributed by atoms with Crippen LogP contribution in [0.15, 0.2) is 18.3 Å². The van der Waals surface area contributed by atoms with Crippen molar-refractivity contribution in [2.45, 2.75) is 54.1 Å². The Labute approximate surface area is 103 Å². The van der Waals surface area contributed by atoms with Crippen molar-refractivity contribution in [3.63, 3.8) is 0 Å². The fourth-order valence-electron chi connectivity index (χ4n) is 0.894. The molecule has 17 heavy (non-hydrogen) atoms. The van der Waals surface area contributed by atoms with Crippen molar-refractivity contribution < 1.29 is 13.5 Å². The first kappa shape index (κ1) is 18.2. The first-order chi connectivity index (χ1) is 8.09. The van der Waals surface area contributed by atoms with Gasteiger partial charge in [0.15, 0.2) is 0 Å². The van der Waals surface area contributed by atoms with E-state index in [1.807, 2.05) is 41.5 Å². The zero-order valence-electron chi connectivity index (χ0n) is 11.5. The molecule has 0 aliphatic carbocycles. The molecule has 0 saturated carbocycles. The number of alkyl halides is 2. The molecule has 2 nitrogen and oxygen atoms in total. The fourth-order valence-corrected chi connectivity index (χ4v) is 0.894. The SMILES string of the molecule is CC.CC.CC(C)c1ccc(OC(F)F)nc1. The number of hydrogen-bond donors (Lipinski definition) is 0. The van der Waals surface area contributed by atoms with E-state index in [0.717, 1.165) is 5.56 Å². The fraction of sp³-hybridized carbons (Fsp3) is 0.615. The lowest BCUT2D eigenvalue weighted by Gasteiger charge is -2.06. The molecule has 0 unspecified atom stereocenters. The van der Waals surface area contributed by atoms with Crippen LogP contribution in [0.1, 0.15) is 53.0 Å². The van der Waals surface area contributed by atoms with Crippen molar-refractivity contribution >= 4 is 0 Å². The summed E-state index contributed by atoms with van der Waals surface area (Å²) in [5, 5.41) is 0. The second-order valence-electron chi connectivity index (χ2n) is 2.96. The average molecular weight is 247 g/mol. The van der Waals surface area contributed by atoms with E-state index in [-0.39, 0.29) is 5.88 Å². The smallest absolute Gasteiger partial charge is 0.388 e. The summed E-state index contributed by atoms with van der Waals surface area (Å²) in [6.07, 6.45) is 1.54. The van der Waals surface area contributed by atoms with Gasteiger partial charge in [-0.05, 0) is 11.5 Å². The Morgan fingerprint density at radius 1 is 1.06 bits per heavy atom. The molecule has 0 aliphatic rings. The molecular weight excluding hydrogens is 224 g/mol. The molecule has 1 aromatic heterocycles. The van der Waals surface area contributed by atoms with Gasteiger partial charge >= 0.3 is 6.61 Å². The van der Waals surface area contributed by atoms with Crippen molar-refractivity contribution in [2.75, 3.05) is 0 Å². The first-order valence-electron chi connectivity index (χ1n) is 6.00. The summed E-state index contributed by atoms with van der Waals surface area (Å²) in [5.74, 6) is 0.299. The molecule has 1 heterocycles. The van der Waals surface area contributed by atoms with Gasteiger partial charge in [-0.3, -0.25) is 0 Å². The lowest BCUT2D eigenvalue weighted by Crippen LogP contribution is -2.03. The lowest BCUT2D eigenvalue weighted by atomic mass is 10.1. The topological polar surface area (TPSA) is 22.1 Å². The summed E-state index contributed by atoms with van der Waals surface area (Å²) >= 11 is 0. The van der Waals surface area contributed by atoms with Gasteiger partial charge in [-0.15, -0.1) is 0 Å². The minimum atomic E-state index is -2.81. The summed E-state index contributed by atoms with van der Waals surface area (Å²) < 4.78 is 27.5. The maximum Gasteiger partial charge on any atom is 0.388 e. The highest BCUT2D eigenvalue weighted by Gasteiger charge is 2.05. The minimum absolute atomic E-state index is 0.0422. The van der Waals surface area contributed by atoms with Gasteiger partial charge < -0.3 is 4.74 Å². The maximum absolute atomic E-state index is 11.7. The highest BCUT2D eigenvalue weighted by molar-refractivity contribution is 5.20. The van der Waals surface area contributed by atoms with Gasteiger partial charge in [0.25, 0.3) is 0 Å². The van der Waals surface area contributed by atoms with E-state index >= 15 is 0 Å². The number of hydrogen-bond acceptors (Lipinski definition) is 2. The molecule has 0 bridgehead atoms. The van der Waals surface area contributed by atoms with Crippen molar-refractivity contribution in [1.82, 2.24) is 4.98 Å². The molecule has 0 atom stereocenters. The van der Waals surface area contributed by atoms with Crippen LogP contribution in [0.25, 0.3) is 0 Å². The molecule has 0 amide bonds. The van der Waals surface area contributed by atoms with Gasteiger partial charge in [0, 0.05) is 12.3 Å². The van der Waals surface area contributed by atoms with Gasteiger partial charge in [0.05, 0.1) is 0 Å². The summed E-state index contributed by atoms with van der Waals surface area (Å²) in [6, 6.07) is 3.18. The standard InChI is InChI=1S/C9H11F2NO.2C2H6/c1-6(2)7-3-4-8(12-5-7)13-9(10)11;2*1-2/h3-6,9H,1-2H3;2*1-2H3. The van der Waals surface area contributed by atoms with Crippen LogP contribution in [0.3, 0.4) is 0 Å². The van der Waals surface area contributed by atoms with Gasteiger partial charge in [-0.25, -0.2) is 4.98 Å². The number of aromatic nitrogens is 1. The summed E-state index contributed by atoms with van der Waals surface area (Å²) in [6.45, 7) is 9.20.